The number of fused-ring (bicyclic) bond motifs is 1. The zero-order valence-corrected chi connectivity index (χ0v) is 14.4. The first-order chi connectivity index (χ1) is 12.5. The number of aryl methyl sites for hydroxylation is 2. The molecule has 2 heterocycles. The van der Waals surface area contributed by atoms with E-state index in [1.54, 1.807) is 23.5 Å². The van der Waals surface area contributed by atoms with Crippen molar-refractivity contribution in [1.29, 1.82) is 0 Å². The molecule has 1 N–H and O–H groups in total. The Bertz CT molecular complexity index is 980. The van der Waals surface area contributed by atoms with Crippen molar-refractivity contribution in [1.82, 2.24) is 14.7 Å². The molecule has 0 aliphatic rings. The van der Waals surface area contributed by atoms with Gasteiger partial charge in [0, 0.05) is 12.3 Å². The van der Waals surface area contributed by atoms with Gasteiger partial charge in [0.15, 0.2) is 5.75 Å². The van der Waals surface area contributed by atoms with Gasteiger partial charge in [0.2, 0.25) is 0 Å². The van der Waals surface area contributed by atoms with E-state index in [9.17, 15) is 14.9 Å². The van der Waals surface area contributed by atoms with Crippen LogP contribution in [0.4, 0.5) is 5.69 Å². The highest BCUT2D eigenvalue weighted by atomic mass is 16.6. The van der Waals surface area contributed by atoms with Gasteiger partial charge in [-0.25, -0.2) is 4.98 Å². The molecule has 0 fully saturated rings. The molecule has 0 spiro atoms. The number of ether oxygens (including phenoxy) is 1. The van der Waals surface area contributed by atoms with E-state index in [1.165, 1.54) is 12.1 Å². The van der Waals surface area contributed by atoms with Gasteiger partial charge in [0.1, 0.15) is 17.9 Å². The summed E-state index contributed by atoms with van der Waals surface area (Å²) in [7, 11) is 0. The van der Waals surface area contributed by atoms with Crippen LogP contribution in [0, 0.1) is 24.0 Å². The van der Waals surface area contributed by atoms with E-state index < -0.39 is 4.92 Å². The van der Waals surface area contributed by atoms with Gasteiger partial charge in [-0.3, -0.25) is 19.3 Å². The standard InChI is InChI=1S/C18H18N4O4/c1-12-7-9-21-16(11-12)20-13(2)17(21)18(23)19-8-10-26-15-6-4-3-5-14(15)22(24)25/h3-7,9,11H,8,10H2,1-2H3,(H,19,23). The van der Waals surface area contributed by atoms with E-state index in [0.29, 0.717) is 17.0 Å². The highest BCUT2D eigenvalue weighted by molar-refractivity contribution is 5.94. The SMILES string of the molecule is Cc1ccn2c(C(=O)NCCOc3ccccc3[N+](=O)[O-])c(C)nc2c1. The third-order valence-corrected chi connectivity index (χ3v) is 3.88. The molecule has 26 heavy (non-hydrogen) atoms. The number of rotatable bonds is 6. The van der Waals surface area contributed by atoms with Gasteiger partial charge >= 0.3 is 5.69 Å². The largest absolute Gasteiger partial charge is 0.485 e. The number of nitro groups is 1. The summed E-state index contributed by atoms with van der Waals surface area (Å²) >= 11 is 0. The van der Waals surface area contributed by atoms with Gasteiger partial charge in [-0.2, -0.15) is 0 Å². The van der Waals surface area contributed by atoms with Crippen LogP contribution in [0.3, 0.4) is 0 Å². The number of nitrogens with zero attached hydrogens (tertiary/aromatic N) is 3. The Hall–Kier alpha value is -3.42. The Labute approximate surface area is 149 Å². The van der Waals surface area contributed by atoms with Crippen molar-refractivity contribution in [3.05, 3.63) is 69.7 Å². The van der Waals surface area contributed by atoms with Crippen LogP contribution in [0.5, 0.6) is 5.75 Å². The fraction of sp³-hybridized carbons (Fsp3) is 0.222. The molecule has 8 heteroatoms. The minimum atomic E-state index is -0.502. The Morgan fingerprint density at radius 1 is 1.31 bits per heavy atom. The van der Waals surface area contributed by atoms with Crippen LogP contribution < -0.4 is 10.1 Å². The number of nitrogens with one attached hydrogen (secondary N) is 1. The summed E-state index contributed by atoms with van der Waals surface area (Å²) in [6.07, 6.45) is 1.81. The molecule has 2 aromatic heterocycles. The molecule has 1 aromatic carbocycles. The third kappa shape index (κ3) is 3.49. The number of para-hydroxylation sites is 2. The minimum absolute atomic E-state index is 0.105. The number of hydrogen-bond donors (Lipinski definition) is 1. The second-order valence-corrected chi connectivity index (χ2v) is 5.81. The topological polar surface area (TPSA) is 98.8 Å². The van der Waals surface area contributed by atoms with Crippen LogP contribution in [0.15, 0.2) is 42.6 Å². The average Bonchev–Trinajstić information content (AvgIpc) is 2.93. The van der Waals surface area contributed by atoms with Crippen molar-refractivity contribution in [2.45, 2.75) is 13.8 Å². The second kappa shape index (κ2) is 7.22. The minimum Gasteiger partial charge on any atom is -0.485 e. The molecule has 3 aromatic rings. The molecular weight excluding hydrogens is 336 g/mol. The Morgan fingerprint density at radius 2 is 2.08 bits per heavy atom. The number of carbonyl (C=O) groups is 1. The summed E-state index contributed by atoms with van der Waals surface area (Å²) in [5.74, 6) is -0.0989. The summed E-state index contributed by atoms with van der Waals surface area (Å²) in [6, 6.07) is 9.94. The quantitative estimate of drug-likeness (QED) is 0.417. The molecule has 0 radical (unpaired) electrons. The first-order valence-electron chi connectivity index (χ1n) is 8.07. The number of benzene rings is 1. The molecule has 134 valence electrons. The third-order valence-electron chi connectivity index (χ3n) is 3.88. The molecule has 0 atom stereocenters. The monoisotopic (exact) mass is 354 g/mol. The zero-order chi connectivity index (χ0) is 18.7. The van der Waals surface area contributed by atoms with Gasteiger partial charge in [-0.1, -0.05) is 12.1 Å². The van der Waals surface area contributed by atoms with Gasteiger partial charge < -0.3 is 10.1 Å². The lowest BCUT2D eigenvalue weighted by molar-refractivity contribution is -0.385. The molecule has 8 nitrogen and oxygen atoms in total. The first kappa shape index (κ1) is 17.4. The highest BCUT2D eigenvalue weighted by Gasteiger charge is 2.17. The molecule has 0 aliphatic carbocycles. The van der Waals surface area contributed by atoms with E-state index >= 15 is 0 Å². The van der Waals surface area contributed by atoms with Crippen molar-refractivity contribution in [3.63, 3.8) is 0 Å². The number of imidazole rings is 1. The van der Waals surface area contributed by atoms with Crippen LogP contribution in [-0.4, -0.2) is 33.4 Å². The highest BCUT2D eigenvalue weighted by Crippen LogP contribution is 2.25. The fourth-order valence-electron chi connectivity index (χ4n) is 2.68. The predicted octanol–water partition coefficient (Wildman–Crippen LogP) is 2.67. The molecular formula is C18H18N4O4. The first-order valence-corrected chi connectivity index (χ1v) is 8.07. The van der Waals surface area contributed by atoms with E-state index in [0.717, 1.165) is 5.56 Å². The van der Waals surface area contributed by atoms with Crippen molar-refractivity contribution in [2.75, 3.05) is 13.2 Å². The summed E-state index contributed by atoms with van der Waals surface area (Å²) in [6.45, 7) is 4.07. The molecule has 0 saturated carbocycles. The van der Waals surface area contributed by atoms with E-state index in [-0.39, 0.29) is 30.5 Å². The van der Waals surface area contributed by atoms with Gasteiger partial charge in [-0.05, 0) is 37.6 Å². The lowest BCUT2D eigenvalue weighted by atomic mass is 10.3. The maximum atomic E-state index is 12.5. The van der Waals surface area contributed by atoms with Crippen LogP contribution in [-0.2, 0) is 0 Å². The molecule has 0 saturated heterocycles. The number of hydrogen-bond acceptors (Lipinski definition) is 5. The van der Waals surface area contributed by atoms with Crippen LogP contribution in [0.25, 0.3) is 5.65 Å². The average molecular weight is 354 g/mol. The van der Waals surface area contributed by atoms with Crippen molar-refractivity contribution in [3.8, 4) is 5.75 Å². The number of nitro benzene ring substituents is 1. The van der Waals surface area contributed by atoms with Crippen molar-refractivity contribution >= 4 is 17.2 Å². The maximum Gasteiger partial charge on any atom is 0.310 e. The molecule has 0 aliphatic heterocycles. The Balaban J connectivity index is 1.64. The van der Waals surface area contributed by atoms with Gasteiger partial charge in [0.05, 0.1) is 17.2 Å². The van der Waals surface area contributed by atoms with E-state index in [2.05, 4.69) is 10.3 Å². The maximum absolute atomic E-state index is 12.5. The van der Waals surface area contributed by atoms with Gasteiger partial charge in [-0.15, -0.1) is 0 Å². The smallest absolute Gasteiger partial charge is 0.310 e. The number of pyridine rings is 1. The van der Waals surface area contributed by atoms with Crippen LogP contribution in [0.1, 0.15) is 21.7 Å². The fourth-order valence-corrected chi connectivity index (χ4v) is 2.68. The second-order valence-electron chi connectivity index (χ2n) is 5.81. The number of amides is 1. The molecule has 0 bridgehead atoms. The molecule has 1 amide bonds. The lowest BCUT2D eigenvalue weighted by Crippen LogP contribution is -2.29. The van der Waals surface area contributed by atoms with E-state index in [4.69, 9.17) is 4.74 Å². The number of aromatic nitrogens is 2. The normalized spacial score (nSPS) is 10.7. The molecule has 0 unspecified atom stereocenters. The summed E-state index contributed by atoms with van der Waals surface area (Å²) in [4.78, 5) is 27.3. The van der Waals surface area contributed by atoms with Crippen molar-refractivity contribution < 1.29 is 14.5 Å². The summed E-state index contributed by atoms with van der Waals surface area (Å²) in [5, 5.41) is 13.7. The van der Waals surface area contributed by atoms with Crippen molar-refractivity contribution in [2.24, 2.45) is 0 Å². The van der Waals surface area contributed by atoms with Gasteiger partial charge in [0.25, 0.3) is 5.91 Å². The summed E-state index contributed by atoms with van der Waals surface area (Å²) in [5.41, 5.74) is 2.77. The predicted molar refractivity (Wildman–Crippen MR) is 95.6 cm³/mol. The van der Waals surface area contributed by atoms with E-state index in [1.807, 2.05) is 25.3 Å². The molecule has 3 rings (SSSR count). The summed E-state index contributed by atoms with van der Waals surface area (Å²) < 4.78 is 7.16. The number of carbonyl (C=O) groups excluding carboxylic acids is 1. The zero-order valence-electron chi connectivity index (χ0n) is 14.4. The Morgan fingerprint density at radius 3 is 2.85 bits per heavy atom. The Kier molecular flexibility index (Phi) is 4.83. The van der Waals surface area contributed by atoms with Crippen LogP contribution >= 0.6 is 0 Å². The van der Waals surface area contributed by atoms with Crippen LogP contribution in [0.2, 0.25) is 0 Å². The lowest BCUT2D eigenvalue weighted by Gasteiger charge is -2.08.